The van der Waals surface area contributed by atoms with Crippen LogP contribution in [-0.4, -0.2) is 40.9 Å². The Balaban J connectivity index is 2.25. The number of nitrogens with zero attached hydrogens (tertiary/aromatic N) is 1. The van der Waals surface area contributed by atoms with E-state index in [0.29, 0.717) is 6.61 Å². The fraction of sp³-hybridized carbons (Fsp3) is 0.667. The van der Waals surface area contributed by atoms with Crippen molar-refractivity contribution in [3.63, 3.8) is 0 Å². The lowest BCUT2D eigenvalue weighted by molar-refractivity contribution is 0.0957. The van der Waals surface area contributed by atoms with Gasteiger partial charge in [-0.25, -0.2) is 4.79 Å². The molecule has 0 radical (unpaired) electrons. The summed E-state index contributed by atoms with van der Waals surface area (Å²) in [6.45, 7) is 2.32. The van der Waals surface area contributed by atoms with Gasteiger partial charge >= 0.3 is 6.09 Å². The van der Waals surface area contributed by atoms with Crippen LogP contribution < -0.4 is 0 Å². The van der Waals surface area contributed by atoms with Gasteiger partial charge in [-0.05, 0) is 6.42 Å². The van der Waals surface area contributed by atoms with Crippen molar-refractivity contribution >= 4 is 6.09 Å². The van der Waals surface area contributed by atoms with Gasteiger partial charge < -0.3 is 9.84 Å². The average Bonchev–Trinajstić information content (AvgIpc) is 2.51. The van der Waals surface area contributed by atoms with Crippen molar-refractivity contribution in [3.05, 3.63) is 12.2 Å². The summed E-state index contributed by atoms with van der Waals surface area (Å²) in [5.41, 5.74) is 0. The minimum Gasteiger partial charge on any atom is -0.447 e. The number of ether oxygens (including phenoxy) is 1. The van der Waals surface area contributed by atoms with Crippen LogP contribution in [0.2, 0.25) is 0 Å². The molecular formula is C9H13NO3. The van der Waals surface area contributed by atoms with E-state index in [1.807, 2.05) is 13.0 Å². The molecule has 1 amide bonds. The van der Waals surface area contributed by atoms with Crippen molar-refractivity contribution < 1.29 is 14.6 Å². The lowest BCUT2D eigenvalue weighted by Crippen LogP contribution is -2.49. The molecule has 0 spiro atoms. The highest BCUT2D eigenvalue weighted by Crippen LogP contribution is 2.25. The first kappa shape index (κ1) is 8.56. The SMILES string of the molecule is CC[C@@H]1C=C[C@@H](O)[C@H]2COC(=O)N21. The zero-order valence-electron chi connectivity index (χ0n) is 7.51. The fourth-order valence-electron chi connectivity index (χ4n) is 1.89. The average molecular weight is 183 g/mol. The number of hydrogen-bond acceptors (Lipinski definition) is 3. The summed E-state index contributed by atoms with van der Waals surface area (Å²) in [7, 11) is 0. The van der Waals surface area contributed by atoms with Gasteiger partial charge in [-0.3, -0.25) is 4.90 Å². The van der Waals surface area contributed by atoms with Crippen LogP contribution in [-0.2, 0) is 4.74 Å². The summed E-state index contributed by atoms with van der Waals surface area (Å²) in [5.74, 6) is 0. The van der Waals surface area contributed by atoms with Crippen molar-refractivity contribution in [2.75, 3.05) is 6.61 Å². The molecule has 4 nitrogen and oxygen atoms in total. The molecule has 0 aliphatic carbocycles. The van der Waals surface area contributed by atoms with E-state index < -0.39 is 6.10 Å². The van der Waals surface area contributed by atoms with Gasteiger partial charge in [0.25, 0.3) is 0 Å². The molecule has 1 N–H and O–H groups in total. The second kappa shape index (κ2) is 3.03. The summed E-state index contributed by atoms with van der Waals surface area (Å²) in [5, 5.41) is 9.55. The number of rotatable bonds is 1. The second-order valence-electron chi connectivity index (χ2n) is 3.40. The topological polar surface area (TPSA) is 49.8 Å². The maximum Gasteiger partial charge on any atom is 0.410 e. The molecule has 0 aromatic heterocycles. The normalized spacial score (nSPS) is 37.5. The van der Waals surface area contributed by atoms with Crippen LogP contribution in [0.25, 0.3) is 0 Å². The van der Waals surface area contributed by atoms with Crippen LogP contribution in [0, 0.1) is 0 Å². The maximum atomic E-state index is 11.3. The van der Waals surface area contributed by atoms with Gasteiger partial charge in [-0.1, -0.05) is 19.1 Å². The molecule has 72 valence electrons. The molecule has 1 saturated heterocycles. The zero-order chi connectivity index (χ0) is 9.42. The number of carbonyl (C=O) groups is 1. The van der Waals surface area contributed by atoms with E-state index in [0.717, 1.165) is 6.42 Å². The maximum absolute atomic E-state index is 11.3. The summed E-state index contributed by atoms with van der Waals surface area (Å²) >= 11 is 0. The lowest BCUT2D eigenvalue weighted by atomic mass is 10.0. The van der Waals surface area contributed by atoms with E-state index >= 15 is 0 Å². The number of aliphatic hydroxyl groups is 1. The number of amides is 1. The number of carbonyl (C=O) groups excluding carboxylic acids is 1. The Morgan fingerprint density at radius 1 is 1.69 bits per heavy atom. The molecule has 0 bridgehead atoms. The summed E-state index contributed by atoms with van der Waals surface area (Å²) < 4.78 is 4.89. The molecule has 13 heavy (non-hydrogen) atoms. The molecule has 3 atom stereocenters. The predicted octanol–water partition coefficient (Wildman–Crippen LogP) is 0.516. The molecule has 2 aliphatic heterocycles. The third kappa shape index (κ3) is 1.21. The minimum absolute atomic E-state index is 0.0865. The molecule has 4 heteroatoms. The fourth-order valence-corrected chi connectivity index (χ4v) is 1.89. The van der Waals surface area contributed by atoms with Gasteiger partial charge in [0.1, 0.15) is 6.61 Å². The zero-order valence-corrected chi connectivity index (χ0v) is 7.51. The van der Waals surface area contributed by atoms with Gasteiger partial charge in [0, 0.05) is 0 Å². The van der Waals surface area contributed by atoms with Gasteiger partial charge in [-0.15, -0.1) is 0 Å². The molecule has 0 unspecified atom stereocenters. The lowest BCUT2D eigenvalue weighted by Gasteiger charge is -2.33. The molecule has 2 heterocycles. The van der Waals surface area contributed by atoms with E-state index in [2.05, 4.69) is 0 Å². The van der Waals surface area contributed by atoms with E-state index in [9.17, 15) is 9.90 Å². The Bertz CT molecular complexity index is 251. The highest BCUT2D eigenvalue weighted by Gasteiger charge is 2.42. The first-order chi connectivity index (χ1) is 6.24. The molecule has 0 saturated carbocycles. The van der Waals surface area contributed by atoms with Crippen molar-refractivity contribution in [1.29, 1.82) is 0 Å². The van der Waals surface area contributed by atoms with Crippen LogP contribution in [0.5, 0.6) is 0 Å². The highest BCUT2D eigenvalue weighted by molar-refractivity contribution is 5.71. The first-order valence-corrected chi connectivity index (χ1v) is 4.55. The number of hydrogen-bond donors (Lipinski definition) is 1. The van der Waals surface area contributed by atoms with Crippen LogP contribution in [0.15, 0.2) is 12.2 Å². The molecule has 0 aromatic carbocycles. The second-order valence-corrected chi connectivity index (χ2v) is 3.40. The molecule has 2 aliphatic rings. The Hall–Kier alpha value is -1.03. The van der Waals surface area contributed by atoms with E-state index in [1.165, 1.54) is 0 Å². The Morgan fingerprint density at radius 2 is 2.46 bits per heavy atom. The predicted molar refractivity (Wildman–Crippen MR) is 46.2 cm³/mol. The molecule has 0 aromatic rings. The van der Waals surface area contributed by atoms with Gasteiger partial charge in [0.2, 0.25) is 0 Å². The third-order valence-corrected chi connectivity index (χ3v) is 2.65. The van der Waals surface area contributed by atoms with E-state index in [-0.39, 0.29) is 18.2 Å². The molecule has 2 rings (SSSR count). The summed E-state index contributed by atoms with van der Waals surface area (Å²) in [6, 6.07) is -0.0918. The Labute approximate surface area is 76.8 Å². The van der Waals surface area contributed by atoms with Gasteiger partial charge in [0.05, 0.1) is 18.2 Å². The van der Waals surface area contributed by atoms with Crippen LogP contribution >= 0.6 is 0 Å². The van der Waals surface area contributed by atoms with Gasteiger partial charge in [-0.2, -0.15) is 0 Å². The highest BCUT2D eigenvalue weighted by atomic mass is 16.6. The van der Waals surface area contributed by atoms with Crippen LogP contribution in [0.1, 0.15) is 13.3 Å². The van der Waals surface area contributed by atoms with Crippen molar-refractivity contribution in [2.24, 2.45) is 0 Å². The number of cyclic esters (lactones) is 1. The monoisotopic (exact) mass is 183 g/mol. The van der Waals surface area contributed by atoms with Gasteiger partial charge in [0.15, 0.2) is 0 Å². The summed E-state index contributed by atoms with van der Waals surface area (Å²) in [4.78, 5) is 12.9. The number of fused-ring (bicyclic) bond motifs is 1. The molecular weight excluding hydrogens is 170 g/mol. The molecule has 1 fully saturated rings. The standard InChI is InChI=1S/C9H13NO3/c1-2-6-3-4-8(11)7-5-13-9(12)10(6)7/h3-4,6-8,11H,2,5H2,1H3/t6-,7-,8-/m1/s1. The van der Waals surface area contributed by atoms with E-state index in [4.69, 9.17) is 4.74 Å². The van der Waals surface area contributed by atoms with E-state index in [1.54, 1.807) is 11.0 Å². The van der Waals surface area contributed by atoms with Crippen molar-refractivity contribution in [3.8, 4) is 0 Å². The van der Waals surface area contributed by atoms with Crippen molar-refractivity contribution in [2.45, 2.75) is 31.5 Å². The largest absolute Gasteiger partial charge is 0.447 e. The Morgan fingerprint density at radius 3 is 3.15 bits per heavy atom. The minimum atomic E-state index is -0.575. The van der Waals surface area contributed by atoms with Crippen LogP contribution in [0.3, 0.4) is 0 Å². The quantitative estimate of drug-likeness (QED) is 0.603. The summed E-state index contributed by atoms with van der Waals surface area (Å²) in [6.07, 6.45) is 3.59. The first-order valence-electron chi connectivity index (χ1n) is 4.55. The third-order valence-electron chi connectivity index (χ3n) is 2.65. The number of aliphatic hydroxyl groups excluding tert-OH is 1. The van der Waals surface area contributed by atoms with Crippen molar-refractivity contribution in [1.82, 2.24) is 4.90 Å². The van der Waals surface area contributed by atoms with Crippen LogP contribution in [0.4, 0.5) is 4.79 Å². The smallest absolute Gasteiger partial charge is 0.410 e. The Kier molecular flexibility index (Phi) is 2.00.